The number of anilines is 1. The molecule has 1 saturated heterocycles. The van der Waals surface area contributed by atoms with Crippen LogP contribution < -0.4 is 10.5 Å². The summed E-state index contributed by atoms with van der Waals surface area (Å²) < 4.78 is 6.29. The highest BCUT2D eigenvalue weighted by Gasteiger charge is 2.42. The van der Waals surface area contributed by atoms with Gasteiger partial charge < -0.3 is 15.4 Å². The van der Waals surface area contributed by atoms with Crippen molar-refractivity contribution in [1.29, 1.82) is 0 Å². The standard InChI is InChI=1S/C21H24N2O2/c22-17-6-7-20-18(14-17)19(24)15-21(25-20)9-12-23(13-10-21)11-8-16-4-2-1-3-5-16/h1-7,14H,8-13,15,22H2. The molecule has 0 atom stereocenters. The molecule has 130 valence electrons. The number of fused-ring (bicyclic) bond motifs is 1. The molecule has 2 aromatic rings. The van der Waals surface area contributed by atoms with E-state index in [0.29, 0.717) is 23.4 Å². The molecule has 4 nitrogen and oxygen atoms in total. The largest absolute Gasteiger partial charge is 0.486 e. The van der Waals surface area contributed by atoms with Crippen molar-refractivity contribution in [2.45, 2.75) is 31.3 Å². The van der Waals surface area contributed by atoms with Gasteiger partial charge in [0, 0.05) is 38.2 Å². The molecule has 0 saturated carbocycles. The van der Waals surface area contributed by atoms with E-state index < -0.39 is 0 Å². The minimum absolute atomic E-state index is 0.159. The lowest BCUT2D eigenvalue weighted by Crippen LogP contribution is -2.51. The first-order valence-electron chi connectivity index (χ1n) is 9.02. The molecule has 4 rings (SSSR count). The molecule has 0 radical (unpaired) electrons. The van der Waals surface area contributed by atoms with Gasteiger partial charge in [-0.2, -0.15) is 0 Å². The van der Waals surface area contributed by atoms with Crippen molar-refractivity contribution in [1.82, 2.24) is 4.90 Å². The number of nitrogen functional groups attached to an aromatic ring is 1. The molecule has 2 N–H and O–H groups in total. The Kier molecular flexibility index (Phi) is 4.22. The van der Waals surface area contributed by atoms with E-state index in [-0.39, 0.29) is 11.4 Å². The first kappa shape index (κ1) is 16.2. The molecule has 0 bridgehead atoms. The maximum atomic E-state index is 12.6. The van der Waals surface area contributed by atoms with Crippen LogP contribution in [0.4, 0.5) is 5.69 Å². The van der Waals surface area contributed by atoms with Crippen LogP contribution in [0.1, 0.15) is 35.2 Å². The first-order chi connectivity index (χ1) is 12.1. The molecular weight excluding hydrogens is 312 g/mol. The highest BCUT2D eigenvalue weighted by Crippen LogP contribution is 2.39. The fraction of sp³-hybridized carbons (Fsp3) is 0.381. The lowest BCUT2D eigenvalue weighted by molar-refractivity contribution is -0.00864. The van der Waals surface area contributed by atoms with Crippen molar-refractivity contribution in [3.05, 3.63) is 59.7 Å². The van der Waals surface area contributed by atoms with Crippen LogP contribution in [0.3, 0.4) is 0 Å². The second-order valence-corrected chi connectivity index (χ2v) is 7.22. The van der Waals surface area contributed by atoms with Gasteiger partial charge in [0.05, 0.1) is 12.0 Å². The van der Waals surface area contributed by atoms with Crippen molar-refractivity contribution in [2.24, 2.45) is 0 Å². The number of Topliss-reactive ketones (excluding diaryl/α,β-unsaturated/α-hetero) is 1. The summed E-state index contributed by atoms with van der Waals surface area (Å²) in [4.78, 5) is 15.0. The third kappa shape index (κ3) is 3.40. The third-order valence-corrected chi connectivity index (χ3v) is 5.44. The highest BCUT2D eigenvalue weighted by molar-refractivity contribution is 6.01. The van der Waals surface area contributed by atoms with E-state index in [9.17, 15) is 4.79 Å². The number of ketones is 1. The predicted octanol–water partition coefficient (Wildman–Crippen LogP) is 3.31. The van der Waals surface area contributed by atoms with Crippen LogP contribution in [0, 0.1) is 0 Å². The monoisotopic (exact) mass is 336 g/mol. The molecule has 0 aromatic heterocycles. The first-order valence-corrected chi connectivity index (χ1v) is 9.02. The van der Waals surface area contributed by atoms with Crippen LogP contribution in [0.5, 0.6) is 5.75 Å². The Morgan fingerprint density at radius 2 is 1.84 bits per heavy atom. The minimum atomic E-state index is -0.330. The van der Waals surface area contributed by atoms with E-state index in [0.717, 1.165) is 38.9 Å². The average molecular weight is 336 g/mol. The van der Waals surface area contributed by atoms with Crippen molar-refractivity contribution >= 4 is 11.5 Å². The number of ether oxygens (including phenoxy) is 1. The molecule has 25 heavy (non-hydrogen) atoms. The SMILES string of the molecule is Nc1ccc2c(c1)C(=O)CC1(CCN(CCc3ccccc3)CC1)O2. The van der Waals surface area contributed by atoms with Crippen LogP contribution in [-0.4, -0.2) is 35.9 Å². The number of rotatable bonds is 3. The molecule has 2 aliphatic heterocycles. The lowest BCUT2D eigenvalue weighted by Gasteiger charge is -2.44. The lowest BCUT2D eigenvalue weighted by atomic mass is 9.82. The number of nitrogens with zero attached hydrogens (tertiary/aromatic N) is 1. The molecule has 1 spiro atoms. The number of benzene rings is 2. The van der Waals surface area contributed by atoms with Gasteiger partial charge in [0.1, 0.15) is 11.4 Å². The Hall–Kier alpha value is -2.33. The summed E-state index contributed by atoms with van der Waals surface area (Å²) in [5.41, 5.74) is 8.09. The summed E-state index contributed by atoms with van der Waals surface area (Å²) >= 11 is 0. The van der Waals surface area contributed by atoms with E-state index in [1.165, 1.54) is 5.56 Å². The molecule has 2 aromatic carbocycles. The van der Waals surface area contributed by atoms with Gasteiger partial charge in [0.25, 0.3) is 0 Å². The Labute approximate surface area is 148 Å². The number of likely N-dealkylation sites (tertiary alicyclic amines) is 1. The van der Waals surface area contributed by atoms with E-state index in [1.54, 1.807) is 12.1 Å². The summed E-state index contributed by atoms with van der Waals surface area (Å²) in [5, 5.41) is 0. The number of piperidine rings is 1. The van der Waals surface area contributed by atoms with E-state index in [2.05, 4.69) is 35.2 Å². The molecule has 2 heterocycles. The Bertz CT molecular complexity index is 765. The zero-order valence-corrected chi connectivity index (χ0v) is 14.4. The van der Waals surface area contributed by atoms with Crippen molar-refractivity contribution in [2.75, 3.05) is 25.4 Å². The van der Waals surface area contributed by atoms with Gasteiger partial charge in [-0.25, -0.2) is 0 Å². The number of hydrogen-bond donors (Lipinski definition) is 1. The zero-order chi connectivity index (χ0) is 17.3. The van der Waals surface area contributed by atoms with E-state index in [4.69, 9.17) is 10.5 Å². The van der Waals surface area contributed by atoms with Gasteiger partial charge in [-0.05, 0) is 30.2 Å². The van der Waals surface area contributed by atoms with Crippen molar-refractivity contribution < 1.29 is 9.53 Å². The third-order valence-electron chi connectivity index (χ3n) is 5.44. The maximum Gasteiger partial charge on any atom is 0.170 e. The Balaban J connectivity index is 1.38. The minimum Gasteiger partial charge on any atom is -0.486 e. The fourth-order valence-electron chi connectivity index (χ4n) is 3.91. The Morgan fingerprint density at radius 3 is 2.60 bits per heavy atom. The maximum absolute atomic E-state index is 12.6. The number of hydrogen-bond acceptors (Lipinski definition) is 4. The van der Waals surface area contributed by atoms with Crippen molar-refractivity contribution in [3.8, 4) is 5.75 Å². The van der Waals surface area contributed by atoms with Crippen LogP contribution in [0.25, 0.3) is 0 Å². The van der Waals surface area contributed by atoms with Gasteiger partial charge >= 0.3 is 0 Å². The van der Waals surface area contributed by atoms with E-state index in [1.807, 2.05) is 6.07 Å². The number of nitrogens with two attached hydrogens (primary N) is 1. The average Bonchev–Trinajstić information content (AvgIpc) is 2.63. The fourth-order valence-corrected chi connectivity index (χ4v) is 3.91. The molecule has 0 amide bonds. The number of carbonyl (C=O) groups is 1. The second-order valence-electron chi connectivity index (χ2n) is 7.22. The highest BCUT2D eigenvalue weighted by atomic mass is 16.5. The zero-order valence-electron chi connectivity index (χ0n) is 14.4. The summed E-state index contributed by atoms with van der Waals surface area (Å²) in [7, 11) is 0. The summed E-state index contributed by atoms with van der Waals surface area (Å²) in [5.74, 6) is 0.856. The molecule has 4 heteroatoms. The molecule has 0 aliphatic carbocycles. The molecular formula is C21H24N2O2. The van der Waals surface area contributed by atoms with Gasteiger partial charge in [0.2, 0.25) is 0 Å². The van der Waals surface area contributed by atoms with Crippen LogP contribution in [0.15, 0.2) is 48.5 Å². The van der Waals surface area contributed by atoms with Gasteiger partial charge in [0.15, 0.2) is 5.78 Å². The van der Waals surface area contributed by atoms with Crippen LogP contribution in [-0.2, 0) is 6.42 Å². The summed E-state index contributed by atoms with van der Waals surface area (Å²) in [6, 6.07) is 16.0. The normalized spacial score (nSPS) is 19.4. The topological polar surface area (TPSA) is 55.6 Å². The van der Waals surface area contributed by atoms with Crippen LogP contribution >= 0.6 is 0 Å². The summed E-state index contributed by atoms with van der Waals surface area (Å²) in [6.45, 7) is 3.01. The Morgan fingerprint density at radius 1 is 1.08 bits per heavy atom. The molecule has 0 unspecified atom stereocenters. The number of carbonyl (C=O) groups excluding carboxylic acids is 1. The van der Waals surface area contributed by atoms with Gasteiger partial charge in [-0.15, -0.1) is 0 Å². The van der Waals surface area contributed by atoms with Crippen molar-refractivity contribution in [3.63, 3.8) is 0 Å². The molecule has 1 fully saturated rings. The summed E-state index contributed by atoms with van der Waals surface area (Å²) in [6.07, 6.45) is 3.33. The molecule has 2 aliphatic rings. The van der Waals surface area contributed by atoms with Gasteiger partial charge in [-0.3, -0.25) is 4.79 Å². The second kappa shape index (κ2) is 6.52. The quantitative estimate of drug-likeness (QED) is 0.874. The van der Waals surface area contributed by atoms with Crippen LogP contribution in [0.2, 0.25) is 0 Å². The van der Waals surface area contributed by atoms with Gasteiger partial charge in [-0.1, -0.05) is 30.3 Å². The van der Waals surface area contributed by atoms with E-state index >= 15 is 0 Å². The smallest absolute Gasteiger partial charge is 0.170 e. The predicted molar refractivity (Wildman–Crippen MR) is 99.0 cm³/mol.